The summed E-state index contributed by atoms with van der Waals surface area (Å²) in [5.41, 5.74) is 0. The van der Waals surface area contributed by atoms with Crippen LogP contribution in [0.3, 0.4) is 0 Å². The molecule has 0 spiro atoms. The van der Waals surface area contributed by atoms with Gasteiger partial charge in [-0.05, 0) is 17.8 Å². The summed E-state index contributed by atoms with van der Waals surface area (Å²) in [6.45, 7) is 20.5. The van der Waals surface area contributed by atoms with Gasteiger partial charge in [-0.25, -0.2) is 0 Å². The average Bonchev–Trinajstić information content (AvgIpc) is 3.04. The summed E-state index contributed by atoms with van der Waals surface area (Å²) in [6.07, 6.45) is 0. The van der Waals surface area contributed by atoms with Crippen LogP contribution in [0.4, 0.5) is 0 Å². The summed E-state index contributed by atoms with van der Waals surface area (Å²) >= 11 is 0. The zero-order valence-electron chi connectivity index (χ0n) is 30.0. The Kier molecular flexibility index (Phi) is 37.0. The first-order valence-corrected chi connectivity index (χ1v) is 17.1. The van der Waals surface area contributed by atoms with Crippen LogP contribution in [0, 0.1) is 17.8 Å². The predicted octanol–water partition coefficient (Wildman–Crippen LogP) is 1.86. The number of nitrogens with one attached hydrogen (secondary N) is 1. The molecule has 0 radical (unpaired) electrons. The molecule has 0 aromatic heterocycles. The van der Waals surface area contributed by atoms with Gasteiger partial charge in [0.15, 0.2) is 0 Å². The van der Waals surface area contributed by atoms with Crippen LogP contribution in [0.15, 0.2) is 0 Å². The van der Waals surface area contributed by atoms with Gasteiger partial charge in [0.2, 0.25) is 5.91 Å². The molecule has 0 rings (SSSR count). The maximum absolute atomic E-state index is 11.9. The molecule has 1 N–H and O–H groups in total. The second-order valence-electron chi connectivity index (χ2n) is 11.1. The van der Waals surface area contributed by atoms with Crippen molar-refractivity contribution in [2.45, 2.75) is 27.7 Å². The van der Waals surface area contributed by atoms with Gasteiger partial charge < -0.3 is 62.2 Å². The summed E-state index contributed by atoms with van der Waals surface area (Å²) in [5.74, 6) is 1.42. The number of rotatable bonds is 39. The first-order valence-electron chi connectivity index (χ1n) is 17.1. The molecule has 0 unspecified atom stereocenters. The van der Waals surface area contributed by atoms with Crippen LogP contribution in [0.1, 0.15) is 27.7 Å². The second kappa shape index (κ2) is 37.8. The lowest BCUT2D eigenvalue weighted by molar-refractivity contribution is -0.126. The van der Waals surface area contributed by atoms with Gasteiger partial charge in [0.05, 0.1) is 145 Å². The third-order valence-corrected chi connectivity index (χ3v) is 6.63. The molecule has 0 aliphatic heterocycles. The molecule has 14 heteroatoms. The van der Waals surface area contributed by atoms with E-state index in [1.807, 2.05) is 0 Å². The number of methoxy groups -OCH3 is 1. The van der Waals surface area contributed by atoms with Crippen LogP contribution in [0.5, 0.6) is 0 Å². The Balaban J connectivity index is 3.17. The van der Waals surface area contributed by atoms with Crippen molar-refractivity contribution in [3.63, 3.8) is 0 Å². The summed E-state index contributed by atoms with van der Waals surface area (Å²) in [4.78, 5) is 11.9. The van der Waals surface area contributed by atoms with Gasteiger partial charge in [-0.1, -0.05) is 27.7 Å². The van der Waals surface area contributed by atoms with Crippen molar-refractivity contribution < 1.29 is 61.6 Å². The molecule has 0 aromatic rings. The van der Waals surface area contributed by atoms with E-state index in [2.05, 4.69) is 33.0 Å². The highest BCUT2D eigenvalue weighted by Gasteiger charge is 2.18. The lowest BCUT2D eigenvalue weighted by Gasteiger charge is -2.25. The van der Waals surface area contributed by atoms with E-state index in [1.54, 1.807) is 7.11 Å². The van der Waals surface area contributed by atoms with Crippen LogP contribution >= 0.6 is 0 Å². The van der Waals surface area contributed by atoms with E-state index >= 15 is 0 Å². The highest BCUT2D eigenvalue weighted by atomic mass is 16.6. The van der Waals surface area contributed by atoms with Crippen LogP contribution in [0.2, 0.25) is 0 Å². The fourth-order valence-corrected chi connectivity index (χ4v) is 4.03. The smallest absolute Gasteiger partial charge is 0.246 e. The monoisotopic (exact) mass is 685 g/mol. The van der Waals surface area contributed by atoms with Gasteiger partial charge in [0, 0.05) is 13.7 Å². The van der Waals surface area contributed by atoms with E-state index in [0.717, 1.165) is 0 Å². The molecule has 0 heterocycles. The summed E-state index contributed by atoms with van der Waals surface area (Å²) in [5, 5.41) is 2.96. The van der Waals surface area contributed by atoms with Crippen LogP contribution in [-0.4, -0.2) is 172 Å². The fraction of sp³-hybridized carbons (Fsp3) is 0.970. The average molecular weight is 686 g/mol. The normalized spacial score (nSPS) is 11.8. The number of amides is 1. The van der Waals surface area contributed by atoms with E-state index < -0.39 is 0 Å². The largest absolute Gasteiger partial charge is 0.382 e. The Labute approximate surface area is 283 Å². The molecule has 0 aliphatic carbocycles. The van der Waals surface area contributed by atoms with Crippen LogP contribution in [0.25, 0.3) is 0 Å². The third-order valence-electron chi connectivity index (χ3n) is 6.63. The van der Waals surface area contributed by atoms with Crippen molar-refractivity contribution in [1.29, 1.82) is 0 Å². The molecule has 14 nitrogen and oxygen atoms in total. The molecule has 0 bridgehead atoms. The van der Waals surface area contributed by atoms with Gasteiger partial charge in [0.1, 0.15) is 6.61 Å². The molecule has 282 valence electrons. The minimum Gasteiger partial charge on any atom is -0.382 e. The van der Waals surface area contributed by atoms with Gasteiger partial charge in [0.25, 0.3) is 0 Å². The van der Waals surface area contributed by atoms with Crippen molar-refractivity contribution >= 4 is 5.91 Å². The lowest BCUT2D eigenvalue weighted by Crippen LogP contribution is -2.36. The summed E-state index contributed by atoms with van der Waals surface area (Å²) in [6, 6.07) is 0. The van der Waals surface area contributed by atoms with Crippen LogP contribution in [-0.2, 0) is 61.6 Å². The molecular formula is C33H67NO13. The third kappa shape index (κ3) is 36.1. The standard InChI is InChI=1S/C33H67NO13/c1-30(2)32(31(3)4)28-34-33(35)29-47-27-26-46-25-24-45-23-22-44-21-20-43-19-18-42-17-16-41-15-14-40-13-12-39-11-10-38-9-8-37-7-6-36-5/h30-32H,6-29H2,1-5H3,(H,34,35). The van der Waals surface area contributed by atoms with Gasteiger partial charge in [-0.15, -0.1) is 0 Å². The molecule has 47 heavy (non-hydrogen) atoms. The van der Waals surface area contributed by atoms with E-state index in [0.29, 0.717) is 170 Å². The highest BCUT2D eigenvalue weighted by molar-refractivity contribution is 5.77. The minimum atomic E-state index is -0.0911. The van der Waals surface area contributed by atoms with Gasteiger partial charge >= 0.3 is 0 Å². The number of carbonyl (C=O) groups excluding carboxylic acids is 1. The maximum Gasteiger partial charge on any atom is 0.246 e. The van der Waals surface area contributed by atoms with Crippen molar-refractivity contribution in [1.82, 2.24) is 5.32 Å². The molecule has 0 fully saturated rings. The number of carbonyl (C=O) groups is 1. The minimum absolute atomic E-state index is 0.0482. The van der Waals surface area contributed by atoms with E-state index in [9.17, 15) is 4.79 Å². The Hall–Kier alpha value is -1.01. The van der Waals surface area contributed by atoms with Gasteiger partial charge in [-0.3, -0.25) is 4.79 Å². The maximum atomic E-state index is 11.9. The first-order chi connectivity index (χ1) is 23.0. The molecule has 1 amide bonds. The fourth-order valence-electron chi connectivity index (χ4n) is 4.03. The lowest BCUT2D eigenvalue weighted by atomic mass is 9.85. The van der Waals surface area contributed by atoms with Crippen LogP contribution < -0.4 is 5.32 Å². The van der Waals surface area contributed by atoms with Crippen molar-refractivity contribution in [2.24, 2.45) is 17.8 Å². The first kappa shape index (κ1) is 46.0. The topological polar surface area (TPSA) is 140 Å². The molecule has 0 atom stereocenters. The Morgan fingerprint density at radius 2 is 0.638 bits per heavy atom. The second-order valence-corrected chi connectivity index (χ2v) is 11.1. The zero-order valence-corrected chi connectivity index (χ0v) is 30.0. The van der Waals surface area contributed by atoms with Crippen molar-refractivity contribution in [3.8, 4) is 0 Å². The van der Waals surface area contributed by atoms with E-state index in [1.165, 1.54) is 0 Å². The Morgan fingerprint density at radius 3 is 0.872 bits per heavy atom. The van der Waals surface area contributed by atoms with Crippen molar-refractivity contribution in [2.75, 3.05) is 166 Å². The SMILES string of the molecule is COCCOCCOCCOCCOCCOCCOCCOCCOCCOCCOCCOCC(=O)NCC(C(C)C)C(C)C. The molecule has 0 saturated heterocycles. The summed E-state index contributed by atoms with van der Waals surface area (Å²) in [7, 11) is 1.64. The predicted molar refractivity (Wildman–Crippen MR) is 177 cm³/mol. The Bertz CT molecular complexity index is 623. The summed E-state index contributed by atoms with van der Waals surface area (Å²) < 4.78 is 64.7. The highest BCUT2D eigenvalue weighted by Crippen LogP contribution is 2.19. The zero-order chi connectivity index (χ0) is 34.5. The molecular weight excluding hydrogens is 618 g/mol. The Morgan fingerprint density at radius 1 is 0.404 bits per heavy atom. The van der Waals surface area contributed by atoms with Crippen molar-refractivity contribution in [3.05, 3.63) is 0 Å². The number of hydrogen-bond donors (Lipinski definition) is 1. The van der Waals surface area contributed by atoms with E-state index in [4.69, 9.17) is 56.8 Å². The molecule has 0 saturated carbocycles. The quantitative estimate of drug-likeness (QED) is 0.0943. The van der Waals surface area contributed by atoms with E-state index in [-0.39, 0.29) is 12.5 Å². The molecule has 0 aromatic carbocycles. The number of hydrogen-bond acceptors (Lipinski definition) is 13. The van der Waals surface area contributed by atoms with Gasteiger partial charge in [-0.2, -0.15) is 0 Å². The molecule has 0 aliphatic rings. The number of ether oxygens (including phenoxy) is 12.